The minimum Gasteiger partial charge on any atom is -0.352 e. The zero-order valence-electron chi connectivity index (χ0n) is 10.7. The first-order valence-electron chi connectivity index (χ1n) is 6.10. The summed E-state index contributed by atoms with van der Waals surface area (Å²) >= 11 is 0. The summed E-state index contributed by atoms with van der Waals surface area (Å²) in [4.78, 5) is 15.9. The van der Waals surface area contributed by atoms with Gasteiger partial charge in [0.1, 0.15) is 5.82 Å². The van der Waals surface area contributed by atoms with Crippen molar-refractivity contribution < 1.29 is 9.18 Å². The summed E-state index contributed by atoms with van der Waals surface area (Å²) in [6, 6.07) is 9.82. The fourth-order valence-corrected chi connectivity index (χ4v) is 1.68. The predicted octanol–water partition coefficient (Wildman–Crippen LogP) is 2.50. The molecule has 98 valence electrons. The molecule has 0 saturated carbocycles. The second-order valence-electron chi connectivity index (χ2n) is 4.32. The number of nitrogens with one attached hydrogen (secondary N) is 1. The summed E-state index contributed by atoms with van der Waals surface area (Å²) < 4.78 is 12.7. The van der Waals surface area contributed by atoms with Gasteiger partial charge in [0.15, 0.2) is 0 Å². The van der Waals surface area contributed by atoms with Gasteiger partial charge in [-0.2, -0.15) is 0 Å². The lowest BCUT2D eigenvalue weighted by Crippen LogP contribution is -2.25. The molecule has 0 fully saturated rings. The third-order valence-electron chi connectivity index (χ3n) is 2.79. The maximum Gasteiger partial charge on any atom is 0.252 e. The molecule has 0 aliphatic carbocycles. The smallest absolute Gasteiger partial charge is 0.252 e. The summed E-state index contributed by atoms with van der Waals surface area (Å²) in [5, 5.41) is 2.81. The first kappa shape index (κ1) is 13.2. The molecule has 2 aromatic rings. The fourth-order valence-electron chi connectivity index (χ4n) is 1.68. The molecule has 0 atom stereocenters. The lowest BCUT2D eigenvalue weighted by Gasteiger charge is -2.05. The third kappa shape index (κ3) is 3.88. The molecule has 0 spiro atoms. The van der Waals surface area contributed by atoms with E-state index in [9.17, 15) is 9.18 Å². The number of carbonyl (C=O) groups excluding carboxylic acids is 1. The largest absolute Gasteiger partial charge is 0.352 e. The first-order valence-corrected chi connectivity index (χ1v) is 6.10. The fraction of sp³-hybridized carbons (Fsp3) is 0.200. The second kappa shape index (κ2) is 6.09. The van der Waals surface area contributed by atoms with Crippen LogP contribution in [0.15, 0.2) is 42.6 Å². The van der Waals surface area contributed by atoms with Crippen LogP contribution >= 0.6 is 0 Å². The molecule has 1 heterocycles. The Morgan fingerprint density at radius 3 is 2.58 bits per heavy atom. The standard InChI is InChI=1S/C15H15FN2O/c1-11-2-5-13(10-18-11)15(19)17-9-8-12-3-6-14(16)7-4-12/h2-7,10H,8-9H2,1H3,(H,17,19). The van der Waals surface area contributed by atoms with Crippen molar-refractivity contribution in [3.8, 4) is 0 Å². The summed E-state index contributed by atoms with van der Waals surface area (Å²) in [6.45, 7) is 2.38. The van der Waals surface area contributed by atoms with Crippen LogP contribution in [0.5, 0.6) is 0 Å². The lowest BCUT2D eigenvalue weighted by atomic mass is 10.1. The van der Waals surface area contributed by atoms with E-state index in [1.165, 1.54) is 12.1 Å². The molecule has 1 aromatic heterocycles. The Balaban J connectivity index is 1.84. The van der Waals surface area contributed by atoms with Gasteiger partial charge >= 0.3 is 0 Å². The molecular formula is C15H15FN2O. The van der Waals surface area contributed by atoms with E-state index in [2.05, 4.69) is 10.3 Å². The number of hydrogen-bond acceptors (Lipinski definition) is 2. The number of carbonyl (C=O) groups is 1. The highest BCUT2D eigenvalue weighted by molar-refractivity contribution is 5.93. The molecule has 4 heteroatoms. The van der Waals surface area contributed by atoms with Gasteiger partial charge in [-0.1, -0.05) is 12.1 Å². The van der Waals surface area contributed by atoms with E-state index in [0.717, 1.165) is 11.3 Å². The zero-order valence-corrected chi connectivity index (χ0v) is 10.7. The molecule has 0 aliphatic rings. The van der Waals surface area contributed by atoms with Crippen molar-refractivity contribution in [2.24, 2.45) is 0 Å². The molecule has 2 rings (SSSR count). The third-order valence-corrected chi connectivity index (χ3v) is 2.79. The minimum absolute atomic E-state index is 0.144. The number of aromatic nitrogens is 1. The van der Waals surface area contributed by atoms with Gasteiger partial charge in [0.25, 0.3) is 5.91 Å². The number of benzene rings is 1. The van der Waals surface area contributed by atoms with Gasteiger partial charge in [0, 0.05) is 18.4 Å². The topological polar surface area (TPSA) is 42.0 Å². The van der Waals surface area contributed by atoms with Gasteiger partial charge in [-0.15, -0.1) is 0 Å². The van der Waals surface area contributed by atoms with Crippen LogP contribution in [-0.4, -0.2) is 17.4 Å². The van der Waals surface area contributed by atoms with Gasteiger partial charge in [0.05, 0.1) is 5.56 Å². The SMILES string of the molecule is Cc1ccc(C(=O)NCCc2ccc(F)cc2)cn1. The van der Waals surface area contributed by atoms with Crippen LogP contribution in [0.1, 0.15) is 21.6 Å². The Labute approximate surface area is 111 Å². The molecule has 1 aromatic carbocycles. The summed E-state index contributed by atoms with van der Waals surface area (Å²) in [6.07, 6.45) is 2.23. The highest BCUT2D eigenvalue weighted by Gasteiger charge is 2.04. The molecule has 0 radical (unpaired) electrons. The molecule has 1 N–H and O–H groups in total. The Hall–Kier alpha value is -2.23. The zero-order chi connectivity index (χ0) is 13.7. The van der Waals surface area contributed by atoms with Gasteiger partial charge in [-0.3, -0.25) is 9.78 Å². The number of hydrogen-bond donors (Lipinski definition) is 1. The summed E-state index contributed by atoms with van der Waals surface area (Å²) in [7, 11) is 0. The number of halogens is 1. The van der Waals surface area contributed by atoms with Crippen molar-refractivity contribution in [3.05, 3.63) is 65.2 Å². The molecular weight excluding hydrogens is 243 g/mol. The normalized spacial score (nSPS) is 10.2. The van der Waals surface area contributed by atoms with E-state index in [1.807, 2.05) is 6.92 Å². The molecule has 0 aliphatic heterocycles. The second-order valence-corrected chi connectivity index (χ2v) is 4.32. The maximum absolute atomic E-state index is 12.7. The van der Waals surface area contributed by atoms with Gasteiger partial charge in [-0.05, 0) is 43.2 Å². The molecule has 1 amide bonds. The Morgan fingerprint density at radius 1 is 1.21 bits per heavy atom. The van der Waals surface area contributed by atoms with Gasteiger partial charge < -0.3 is 5.32 Å². The first-order chi connectivity index (χ1) is 9.15. The minimum atomic E-state index is -0.251. The number of aryl methyl sites for hydroxylation is 1. The van der Waals surface area contributed by atoms with E-state index < -0.39 is 0 Å². The van der Waals surface area contributed by atoms with E-state index in [0.29, 0.717) is 18.5 Å². The van der Waals surface area contributed by atoms with Crippen molar-refractivity contribution in [1.82, 2.24) is 10.3 Å². The van der Waals surface area contributed by atoms with Crippen LogP contribution in [0.2, 0.25) is 0 Å². The summed E-state index contributed by atoms with van der Waals surface area (Å²) in [5.41, 5.74) is 2.41. The van der Waals surface area contributed by atoms with Crippen LogP contribution in [0.25, 0.3) is 0 Å². The van der Waals surface area contributed by atoms with E-state index in [-0.39, 0.29) is 11.7 Å². The van der Waals surface area contributed by atoms with Crippen molar-refractivity contribution in [2.45, 2.75) is 13.3 Å². The molecule has 19 heavy (non-hydrogen) atoms. The van der Waals surface area contributed by atoms with Crippen LogP contribution in [0.3, 0.4) is 0 Å². The Kier molecular flexibility index (Phi) is 4.23. The number of rotatable bonds is 4. The van der Waals surface area contributed by atoms with Crippen LogP contribution in [0, 0.1) is 12.7 Å². The van der Waals surface area contributed by atoms with Crippen LogP contribution < -0.4 is 5.32 Å². The van der Waals surface area contributed by atoms with E-state index >= 15 is 0 Å². The maximum atomic E-state index is 12.7. The summed E-state index contributed by atoms with van der Waals surface area (Å²) in [5.74, 6) is -0.395. The lowest BCUT2D eigenvalue weighted by molar-refractivity contribution is 0.0954. The van der Waals surface area contributed by atoms with Crippen molar-refractivity contribution >= 4 is 5.91 Å². The molecule has 0 unspecified atom stereocenters. The van der Waals surface area contributed by atoms with Gasteiger partial charge in [0.2, 0.25) is 0 Å². The van der Waals surface area contributed by atoms with Crippen molar-refractivity contribution in [2.75, 3.05) is 6.54 Å². The van der Waals surface area contributed by atoms with Gasteiger partial charge in [-0.25, -0.2) is 4.39 Å². The Morgan fingerprint density at radius 2 is 1.95 bits per heavy atom. The number of pyridine rings is 1. The van der Waals surface area contributed by atoms with Crippen LogP contribution in [-0.2, 0) is 6.42 Å². The van der Waals surface area contributed by atoms with E-state index in [4.69, 9.17) is 0 Å². The molecule has 0 saturated heterocycles. The molecule has 3 nitrogen and oxygen atoms in total. The average Bonchev–Trinajstić information content (AvgIpc) is 2.41. The average molecular weight is 258 g/mol. The highest BCUT2D eigenvalue weighted by atomic mass is 19.1. The van der Waals surface area contributed by atoms with Crippen LogP contribution in [0.4, 0.5) is 4.39 Å². The quantitative estimate of drug-likeness (QED) is 0.915. The van der Waals surface area contributed by atoms with E-state index in [1.54, 1.807) is 30.5 Å². The number of nitrogens with zero attached hydrogens (tertiary/aromatic N) is 1. The highest BCUT2D eigenvalue weighted by Crippen LogP contribution is 2.03. The predicted molar refractivity (Wildman–Crippen MR) is 71.4 cm³/mol. The monoisotopic (exact) mass is 258 g/mol. The number of amides is 1. The Bertz CT molecular complexity index is 549. The van der Waals surface area contributed by atoms with Crippen molar-refractivity contribution in [3.63, 3.8) is 0 Å². The molecule has 0 bridgehead atoms. The van der Waals surface area contributed by atoms with Crippen molar-refractivity contribution in [1.29, 1.82) is 0 Å².